The van der Waals surface area contributed by atoms with Crippen molar-refractivity contribution in [2.45, 2.75) is 0 Å². The van der Waals surface area contributed by atoms with Crippen molar-refractivity contribution in [1.82, 2.24) is 4.98 Å². The van der Waals surface area contributed by atoms with Gasteiger partial charge in [-0.05, 0) is 29.8 Å². The predicted octanol–water partition coefficient (Wildman–Crippen LogP) is 4.80. The molecule has 3 aromatic rings. The molecule has 0 amide bonds. The van der Waals surface area contributed by atoms with E-state index in [0.29, 0.717) is 10.6 Å². The molecule has 1 heterocycles. The van der Waals surface area contributed by atoms with E-state index in [4.69, 9.17) is 0 Å². The summed E-state index contributed by atoms with van der Waals surface area (Å²) < 4.78 is 0.957. The van der Waals surface area contributed by atoms with Crippen LogP contribution in [0.15, 0.2) is 65.3 Å². The maximum absolute atomic E-state index is 12.3. The second-order valence-electron chi connectivity index (χ2n) is 4.23. The molecular weight excluding hydrogens is 334 g/mol. The van der Waals surface area contributed by atoms with E-state index < -0.39 is 0 Å². The van der Waals surface area contributed by atoms with Crippen molar-refractivity contribution in [3.05, 3.63) is 75.8 Å². The summed E-state index contributed by atoms with van der Waals surface area (Å²) in [6.45, 7) is 0. The molecule has 0 aliphatic rings. The Morgan fingerprint density at radius 3 is 2.40 bits per heavy atom. The Kier molecular flexibility index (Phi) is 3.76. The fraction of sp³-hybridized carbons (Fsp3) is 0. The molecule has 4 heteroatoms. The highest BCUT2D eigenvalue weighted by atomic mass is 79.9. The fourth-order valence-corrected chi connectivity index (χ4v) is 2.99. The van der Waals surface area contributed by atoms with Crippen LogP contribution in [0.25, 0.3) is 10.4 Å². The summed E-state index contributed by atoms with van der Waals surface area (Å²) in [6.07, 6.45) is 1.76. The number of aromatic nitrogens is 1. The van der Waals surface area contributed by atoms with Crippen LogP contribution in [0.2, 0.25) is 0 Å². The second kappa shape index (κ2) is 5.69. The van der Waals surface area contributed by atoms with E-state index in [-0.39, 0.29) is 5.78 Å². The van der Waals surface area contributed by atoms with Crippen LogP contribution in [0, 0.1) is 0 Å². The number of ketones is 1. The summed E-state index contributed by atoms with van der Waals surface area (Å²) in [6, 6.07) is 17.3. The minimum absolute atomic E-state index is 0.0373. The summed E-state index contributed by atoms with van der Waals surface area (Å²) in [5.74, 6) is -0.0373. The van der Waals surface area contributed by atoms with Gasteiger partial charge in [-0.25, -0.2) is 4.98 Å². The zero-order chi connectivity index (χ0) is 13.9. The van der Waals surface area contributed by atoms with Gasteiger partial charge in [0.2, 0.25) is 5.78 Å². The molecule has 0 saturated carbocycles. The quantitative estimate of drug-likeness (QED) is 0.639. The minimum atomic E-state index is -0.0373. The first-order chi connectivity index (χ1) is 9.74. The number of hydrogen-bond acceptors (Lipinski definition) is 3. The van der Waals surface area contributed by atoms with Crippen molar-refractivity contribution < 1.29 is 4.79 Å². The SMILES string of the molecule is O=C(c1ccc(Br)cc1)c1ncc(-c2ccccc2)s1. The number of nitrogens with zero attached hydrogens (tertiary/aromatic N) is 1. The third-order valence-electron chi connectivity index (χ3n) is 2.86. The zero-order valence-electron chi connectivity index (χ0n) is 10.4. The lowest BCUT2D eigenvalue weighted by atomic mass is 10.1. The summed E-state index contributed by atoms with van der Waals surface area (Å²) in [4.78, 5) is 17.6. The number of rotatable bonds is 3. The van der Waals surface area contributed by atoms with Gasteiger partial charge in [0, 0.05) is 16.2 Å². The fourth-order valence-electron chi connectivity index (χ4n) is 1.84. The van der Waals surface area contributed by atoms with Gasteiger partial charge in [-0.2, -0.15) is 0 Å². The Labute approximate surface area is 129 Å². The number of hydrogen-bond donors (Lipinski definition) is 0. The highest BCUT2D eigenvalue weighted by Crippen LogP contribution is 2.27. The summed E-state index contributed by atoms with van der Waals surface area (Å²) in [5, 5.41) is 0.520. The van der Waals surface area contributed by atoms with Gasteiger partial charge in [0.25, 0.3) is 0 Å². The van der Waals surface area contributed by atoms with Gasteiger partial charge in [0.05, 0.1) is 4.88 Å². The maximum Gasteiger partial charge on any atom is 0.221 e. The van der Waals surface area contributed by atoms with Crippen molar-refractivity contribution >= 4 is 33.0 Å². The second-order valence-corrected chi connectivity index (χ2v) is 6.18. The topological polar surface area (TPSA) is 30.0 Å². The van der Waals surface area contributed by atoms with E-state index in [9.17, 15) is 4.79 Å². The molecule has 0 fully saturated rings. The van der Waals surface area contributed by atoms with Crippen molar-refractivity contribution in [3.63, 3.8) is 0 Å². The van der Waals surface area contributed by atoms with Gasteiger partial charge in [-0.3, -0.25) is 4.79 Å². The van der Waals surface area contributed by atoms with Gasteiger partial charge in [0.1, 0.15) is 0 Å². The van der Waals surface area contributed by atoms with Gasteiger partial charge in [-0.15, -0.1) is 11.3 Å². The molecule has 3 rings (SSSR count). The standard InChI is InChI=1S/C16H10BrNOS/c17-13-8-6-12(7-9-13)15(19)16-18-10-14(20-16)11-4-2-1-3-5-11/h1-10H. The largest absolute Gasteiger partial charge is 0.286 e. The summed E-state index contributed by atoms with van der Waals surface area (Å²) >= 11 is 4.78. The van der Waals surface area contributed by atoms with Crippen LogP contribution >= 0.6 is 27.3 Å². The highest BCUT2D eigenvalue weighted by Gasteiger charge is 2.14. The smallest absolute Gasteiger partial charge is 0.221 e. The Hall–Kier alpha value is -1.78. The van der Waals surface area contributed by atoms with Crippen LogP contribution in [-0.2, 0) is 0 Å². The molecule has 0 saturated heterocycles. The zero-order valence-corrected chi connectivity index (χ0v) is 12.8. The van der Waals surface area contributed by atoms with Crippen LogP contribution in [0.5, 0.6) is 0 Å². The van der Waals surface area contributed by atoms with E-state index in [0.717, 1.165) is 14.9 Å². The molecule has 0 aliphatic carbocycles. The predicted molar refractivity (Wildman–Crippen MR) is 85.1 cm³/mol. The molecule has 0 atom stereocenters. The van der Waals surface area contributed by atoms with E-state index in [2.05, 4.69) is 20.9 Å². The molecule has 2 nitrogen and oxygen atoms in total. The monoisotopic (exact) mass is 343 g/mol. The third-order valence-corrected chi connectivity index (χ3v) is 4.44. The van der Waals surface area contributed by atoms with Crippen molar-refractivity contribution in [1.29, 1.82) is 0 Å². The number of halogens is 1. The van der Waals surface area contributed by atoms with E-state index in [1.54, 1.807) is 18.3 Å². The molecule has 0 spiro atoms. The first-order valence-electron chi connectivity index (χ1n) is 6.05. The Morgan fingerprint density at radius 1 is 1.00 bits per heavy atom. The lowest BCUT2D eigenvalue weighted by Gasteiger charge is -1.97. The molecule has 0 bridgehead atoms. The van der Waals surface area contributed by atoms with Crippen molar-refractivity contribution in [3.8, 4) is 10.4 Å². The van der Waals surface area contributed by atoms with Gasteiger partial charge < -0.3 is 0 Å². The molecule has 0 radical (unpaired) electrons. The molecule has 0 N–H and O–H groups in total. The molecule has 0 aliphatic heterocycles. The number of carbonyl (C=O) groups is 1. The van der Waals surface area contributed by atoms with Crippen LogP contribution in [0.3, 0.4) is 0 Å². The maximum atomic E-state index is 12.3. The first-order valence-corrected chi connectivity index (χ1v) is 7.66. The molecule has 1 aromatic heterocycles. The number of benzene rings is 2. The van der Waals surface area contributed by atoms with Gasteiger partial charge in [-0.1, -0.05) is 46.3 Å². The van der Waals surface area contributed by atoms with Crippen molar-refractivity contribution in [2.24, 2.45) is 0 Å². The molecule has 20 heavy (non-hydrogen) atoms. The average Bonchev–Trinajstić information content (AvgIpc) is 2.98. The van der Waals surface area contributed by atoms with Crippen LogP contribution in [-0.4, -0.2) is 10.8 Å². The van der Waals surface area contributed by atoms with E-state index in [1.165, 1.54) is 11.3 Å². The highest BCUT2D eigenvalue weighted by molar-refractivity contribution is 9.10. The Bertz CT molecular complexity index is 735. The summed E-state index contributed by atoms with van der Waals surface area (Å²) in [7, 11) is 0. The number of thiazole rings is 1. The van der Waals surface area contributed by atoms with Crippen LogP contribution < -0.4 is 0 Å². The third kappa shape index (κ3) is 2.71. The number of carbonyl (C=O) groups excluding carboxylic acids is 1. The van der Waals surface area contributed by atoms with Crippen LogP contribution in [0.4, 0.5) is 0 Å². The Balaban J connectivity index is 1.90. The lowest BCUT2D eigenvalue weighted by Crippen LogP contribution is -1.99. The Morgan fingerprint density at radius 2 is 1.70 bits per heavy atom. The molecule has 0 unspecified atom stereocenters. The first kappa shape index (κ1) is 13.2. The molecule has 2 aromatic carbocycles. The van der Waals surface area contributed by atoms with Gasteiger partial charge >= 0.3 is 0 Å². The molecule has 98 valence electrons. The van der Waals surface area contributed by atoms with Crippen LogP contribution in [0.1, 0.15) is 15.4 Å². The average molecular weight is 344 g/mol. The van der Waals surface area contributed by atoms with E-state index >= 15 is 0 Å². The molecular formula is C16H10BrNOS. The minimum Gasteiger partial charge on any atom is -0.286 e. The van der Waals surface area contributed by atoms with Gasteiger partial charge in [0.15, 0.2) is 5.01 Å². The lowest BCUT2D eigenvalue weighted by molar-refractivity contribution is 0.103. The van der Waals surface area contributed by atoms with Crippen molar-refractivity contribution in [2.75, 3.05) is 0 Å². The summed E-state index contributed by atoms with van der Waals surface area (Å²) in [5.41, 5.74) is 1.74. The van der Waals surface area contributed by atoms with E-state index in [1.807, 2.05) is 42.5 Å². The normalized spacial score (nSPS) is 10.4.